The predicted octanol–water partition coefficient (Wildman–Crippen LogP) is 15.0. The average molecular weight is 773 g/mol. The minimum absolute atomic E-state index is 0.0769. The van der Waals surface area contributed by atoms with Gasteiger partial charge in [0.2, 0.25) is 0 Å². The lowest BCUT2D eigenvalue weighted by Gasteiger charge is -2.18. The quantitative estimate of drug-likeness (QED) is 0.0266. The molecule has 0 bridgehead atoms. The fourth-order valence-electron chi connectivity index (χ4n) is 6.63. The largest absolute Gasteiger partial charge is 0.462 e. The summed E-state index contributed by atoms with van der Waals surface area (Å²) in [6.45, 7) is 6.44. The third kappa shape index (κ3) is 42.6. The van der Waals surface area contributed by atoms with Gasteiger partial charge in [0.05, 0.1) is 0 Å². The van der Waals surface area contributed by atoms with Crippen LogP contribution in [0, 0.1) is 0 Å². The zero-order valence-corrected chi connectivity index (χ0v) is 36.4. The highest BCUT2D eigenvalue weighted by Crippen LogP contribution is 2.15. The Morgan fingerprint density at radius 3 is 1.11 bits per heavy atom. The third-order valence-corrected chi connectivity index (χ3v) is 10.2. The van der Waals surface area contributed by atoms with E-state index in [0.29, 0.717) is 19.3 Å². The van der Waals surface area contributed by atoms with Crippen molar-refractivity contribution in [3.05, 3.63) is 36.5 Å². The first-order chi connectivity index (χ1) is 27.0. The van der Waals surface area contributed by atoms with Gasteiger partial charge in [0.1, 0.15) is 13.2 Å². The van der Waals surface area contributed by atoms with Crippen molar-refractivity contribution < 1.29 is 28.6 Å². The highest BCUT2D eigenvalue weighted by molar-refractivity contribution is 5.71. The summed E-state index contributed by atoms with van der Waals surface area (Å²) in [5.74, 6) is -0.903. The van der Waals surface area contributed by atoms with Gasteiger partial charge in [-0.25, -0.2) is 0 Å². The van der Waals surface area contributed by atoms with Crippen LogP contribution in [0.25, 0.3) is 0 Å². The van der Waals surface area contributed by atoms with Gasteiger partial charge in [-0.1, -0.05) is 205 Å². The van der Waals surface area contributed by atoms with Crippen molar-refractivity contribution in [2.45, 2.75) is 245 Å². The minimum atomic E-state index is -0.773. The summed E-state index contributed by atoms with van der Waals surface area (Å²) in [7, 11) is 0. The molecule has 0 saturated heterocycles. The second-order valence-corrected chi connectivity index (χ2v) is 15.6. The Bertz CT molecular complexity index is 938. The van der Waals surface area contributed by atoms with Crippen molar-refractivity contribution in [3.63, 3.8) is 0 Å². The number of carbonyl (C=O) groups excluding carboxylic acids is 3. The summed E-state index contributed by atoms with van der Waals surface area (Å²) < 4.78 is 16.6. The minimum Gasteiger partial charge on any atom is -0.462 e. The highest BCUT2D eigenvalue weighted by Gasteiger charge is 2.19. The van der Waals surface area contributed by atoms with E-state index in [9.17, 15) is 14.4 Å². The second kappa shape index (κ2) is 44.3. The van der Waals surface area contributed by atoms with Crippen LogP contribution in [0.4, 0.5) is 0 Å². The smallest absolute Gasteiger partial charge is 0.306 e. The molecule has 0 N–H and O–H groups in total. The van der Waals surface area contributed by atoms with Crippen LogP contribution in [0.5, 0.6) is 0 Å². The van der Waals surface area contributed by atoms with E-state index in [1.165, 1.54) is 96.3 Å². The van der Waals surface area contributed by atoms with Crippen molar-refractivity contribution in [1.29, 1.82) is 0 Å². The number of allylic oxidation sites excluding steroid dienone is 6. The molecule has 0 heterocycles. The van der Waals surface area contributed by atoms with Crippen molar-refractivity contribution in [1.82, 2.24) is 0 Å². The molecule has 0 aromatic carbocycles. The molecule has 0 aromatic heterocycles. The maximum atomic E-state index is 12.7. The third-order valence-electron chi connectivity index (χ3n) is 10.2. The van der Waals surface area contributed by atoms with Gasteiger partial charge in [0.15, 0.2) is 6.10 Å². The lowest BCUT2D eigenvalue weighted by Crippen LogP contribution is -2.30. The van der Waals surface area contributed by atoms with Gasteiger partial charge >= 0.3 is 17.9 Å². The summed E-state index contributed by atoms with van der Waals surface area (Å²) in [4.78, 5) is 37.5. The van der Waals surface area contributed by atoms with Crippen LogP contribution in [0.3, 0.4) is 0 Å². The Hall–Kier alpha value is -2.37. The molecule has 0 aliphatic carbocycles. The summed E-state index contributed by atoms with van der Waals surface area (Å²) in [5.41, 5.74) is 0. The molecule has 6 nitrogen and oxygen atoms in total. The number of rotatable bonds is 42. The van der Waals surface area contributed by atoms with E-state index in [4.69, 9.17) is 14.2 Å². The van der Waals surface area contributed by atoms with Crippen molar-refractivity contribution >= 4 is 17.9 Å². The molecule has 0 rings (SSSR count). The zero-order valence-electron chi connectivity index (χ0n) is 36.4. The van der Waals surface area contributed by atoms with Crippen LogP contribution >= 0.6 is 0 Å². The summed E-state index contributed by atoms with van der Waals surface area (Å²) in [5, 5.41) is 0. The Labute approximate surface area is 340 Å². The van der Waals surface area contributed by atoms with Gasteiger partial charge in [0.25, 0.3) is 0 Å². The summed E-state index contributed by atoms with van der Waals surface area (Å²) in [6, 6.07) is 0. The first-order valence-electron chi connectivity index (χ1n) is 23.5. The number of hydrogen-bond donors (Lipinski definition) is 0. The van der Waals surface area contributed by atoms with Gasteiger partial charge in [-0.15, -0.1) is 0 Å². The lowest BCUT2D eigenvalue weighted by atomic mass is 10.0. The Morgan fingerprint density at radius 2 is 0.709 bits per heavy atom. The molecule has 1 unspecified atom stereocenters. The van der Waals surface area contributed by atoms with Gasteiger partial charge in [-0.2, -0.15) is 0 Å². The Morgan fingerprint density at radius 1 is 0.382 bits per heavy atom. The van der Waals surface area contributed by atoms with E-state index in [2.05, 4.69) is 57.2 Å². The molecular weight excluding hydrogens is 685 g/mol. The monoisotopic (exact) mass is 773 g/mol. The van der Waals surface area contributed by atoms with E-state index in [1.807, 2.05) is 0 Å². The van der Waals surface area contributed by atoms with Crippen molar-refractivity contribution in [2.24, 2.45) is 0 Å². The number of ether oxygens (including phenoxy) is 3. The molecule has 320 valence electrons. The van der Waals surface area contributed by atoms with Crippen LogP contribution in [-0.4, -0.2) is 37.2 Å². The molecule has 0 fully saturated rings. The van der Waals surface area contributed by atoms with Crippen LogP contribution in [0.15, 0.2) is 36.5 Å². The van der Waals surface area contributed by atoms with Crippen LogP contribution < -0.4 is 0 Å². The standard InChI is InChI=1S/C49H88O6/c1-4-7-10-13-15-17-19-21-23-24-26-27-29-31-33-36-39-42-48(51)54-45-46(44-53-47(50)41-38-35-12-9-6-3)55-49(52)43-40-37-34-32-30-28-25-22-20-18-16-14-11-8-5-2/h8,11,16,18,22,25,46H,4-7,9-10,12-15,17,19-21,23-24,26-45H2,1-3H3/b11-8-,18-16-,25-22-. The molecule has 0 radical (unpaired) electrons. The number of esters is 3. The second-order valence-electron chi connectivity index (χ2n) is 15.6. The van der Waals surface area contributed by atoms with Crippen LogP contribution in [0.2, 0.25) is 0 Å². The molecule has 0 amide bonds. The number of carbonyl (C=O) groups is 3. The van der Waals surface area contributed by atoms with Gasteiger partial charge in [-0.3, -0.25) is 14.4 Å². The van der Waals surface area contributed by atoms with E-state index < -0.39 is 6.10 Å². The highest BCUT2D eigenvalue weighted by atomic mass is 16.6. The molecule has 0 aliphatic heterocycles. The molecule has 6 heteroatoms. The molecule has 1 atom stereocenters. The topological polar surface area (TPSA) is 78.9 Å². The summed E-state index contributed by atoms with van der Waals surface area (Å²) in [6.07, 6.45) is 50.2. The maximum Gasteiger partial charge on any atom is 0.306 e. The van der Waals surface area contributed by atoms with Gasteiger partial charge in [-0.05, 0) is 51.4 Å². The summed E-state index contributed by atoms with van der Waals surface area (Å²) >= 11 is 0. The van der Waals surface area contributed by atoms with Gasteiger partial charge in [0, 0.05) is 19.3 Å². The van der Waals surface area contributed by atoms with E-state index in [0.717, 1.165) is 103 Å². The lowest BCUT2D eigenvalue weighted by molar-refractivity contribution is -0.167. The molecule has 0 spiro atoms. The first-order valence-corrected chi connectivity index (χ1v) is 23.5. The van der Waals surface area contributed by atoms with E-state index >= 15 is 0 Å². The van der Waals surface area contributed by atoms with Crippen LogP contribution in [0.1, 0.15) is 239 Å². The Balaban J connectivity index is 4.20. The van der Waals surface area contributed by atoms with Crippen LogP contribution in [-0.2, 0) is 28.6 Å². The van der Waals surface area contributed by atoms with E-state index in [-0.39, 0.29) is 31.1 Å². The zero-order chi connectivity index (χ0) is 40.1. The fourth-order valence-corrected chi connectivity index (χ4v) is 6.63. The normalized spacial score (nSPS) is 12.3. The molecule has 0 saturated carbocycles. The van der Waals surface area contributed by atoms with Crippen molar-refractivity contribution in [2.75, 3.05) is 13.2 Å². The van der Waals surface area contributed by atoms with Crippen molar-refractivity contribution in [3.8, 4) is 0 Å². The Kier molecular flexibility index (Phi) is 42.4. The van der Waals surface area contributed by atoms with E-state index in [1.54, 1.807) is 0 Å². The molecule has 55 heavy (non-hydrogen) atoms. The molecule has 0 aliphatic rings. The van der Waals surface area contributed by atoms with Gasteiger partial charge < -0.3 is 14.2 Å². The number of hydrogen-bond acceptors (Lipinski definition) is 6. The fraction of sp³-hybridized carbons (Fsp3) is 0.816. The molecular formula is C49H88O6. The first kappa shape index (κ1) is 52.6. The maximum absolute atomic E-state index is 12.7. The SMILES string of the molecule is CC/C=C\C/C=C\C/C=C\CCCCCCCC(=O)OC(COC(=O)CCCCCCC)COC(=O)CCCCCCCCCCCCCCCCCCC. The number of unbranched alkanes of at least 4 members (excludes halogenated alkanes) is 25. The average Bonchev–Trinajstić information content (AvgIpc) is 3.18. The predicted molar refractivity (Wildman–Crippen MR) is 233 cm³/mol. The molecule has 0 aromatic rings.